The number of ketones is 1. The number of allylic oxidation sites excluding steroid dienone is 1. The molecular formula is C22H14FN3OS3. The smallest absolute Gasteiger partial charge is 0.232 e. The number of carbonyl (C=O) groups is 1. The number of nitrogens with zero attached hydrogens (tertiary/aromatic N) is 3. The third-order valence-electron chi connectivity index (χ3n) is 3.88. The Hall–Kier alpha value is -2.94. The Morgan fingerprint density at radius 2 is 1.83 bits per heavy atom. The molecule has 30 heavy (non-hydrogen) atoms. The minimum atomic E-state index is -0.361. The molecule has 148 valence electrons. The summed E-state index contributed by atoms with van der Waals surface area (Å²) in [5, 5.41) is 10.9. The van der Waals surface area contributed by atoms with Crippen LogP contribution in [0.25, 0.3) is 6.08 Å². The zero-order chi connectivity index (χ0) is 20.8. The quantitative estimate of drug-likeness (QED) is 0.182. The minimum Gasteiger partial charge on any atom is -0.289 e. The maximum absolute atomic E-state index is 12.9. The van der Waals surface area contributed by atoms with E-state index in [2.05, 4.69) is 15.2 Å². The van der Waals surface area contributed by atoms with Crippen LogP contribution in [0.2, 0.25) is 0 Å². The summed E-state index contributed by atoms with van der Waals surface area (Å²) in [4.78, 5) is 18.6. The largest absolute Gasteiger partial charge is 0.289 e. The summed E-state index contributed by atoms with van der Waals surface area (Å²) in [6, 6.07) is 17.2. The summed E-state index contributed by atoms with van der Waals surface area (Å²) in [6.45, 7) is 0. The van der Waals surface area contributed by atoms with Gasteiger partial charge >= 0.3 is 0 Å². The summed E-state index contributed by atoms with van der Waals surface area (Å²) in [5.41, 5.74) is 1.35. The van der Waals surface area contributed by atoms with Crippen LogP contribution >= 0.6 is 34.4 Å². The fraction of sp³-hybridized carbons (Fsp3) is 0. The molecule has 0 atom stereocenters. The third-order valence-corrected chi connectivity index (χ3v) is 6.58. The Balaban J connectivity index is 1.35. The SMILES string of the molecule is O=C(C=Cc1ccc(Sc2nnc(N=Cc3cccs3)s2)cc1)c1ccc(F)cc1. The van der Waals surface area contributed by atoms with Gasteiger partial charge in [-0.25, -0.2) is 9.38 Å². The first-order valence-electron chi connectivity index (χ1n) is 8.83. The molecule has 2 aromatic carbocycles. The predicted molar refractivity (Wildman–Crippen MR) is 122 cm³/mol. The highest BCUT2D eigenvalue weighted by Crippen LogP contribution is 2.33. The van der Waals surface area contributed by atoms with Crippen molar-refractivity contribution in [2.75, 3.05) is 0 Å². The van der Waals surface area contributed by atoms with Gasteiger partial charge in [-0.2, -0.15) is 0 Å². The number of aromatic nitrogens is 2. The number of thiophene rings is 1. The molecule has 8 heteroatoms. The second kappa shape index (κ2) is 9.71. The molecular weight excluding hydrogens is 437 g/mol. The fourth-order valence-corrected chi connectivity index (χ4v) is 4.65. The summed E-state index contributed by atoms with van der Waals surface area (Å²) < 4.78 is 13.8. The first kappa shape index (κ1) is 20.3. The van der Waals surface area contributed by atoms with E-state index in [1.165, 1.54) is 53.4 Å². The Morgan fingerprint density at radius 3 is 2.57 bits per heavy atom. The summed E-state index contributed by atoms with van der Waals surface area (Å²) in [7, 11) is 0. The Kier molecular flexibility index (Phi) is 6.58. The van der Waals surface area contributed by atoms with E-state index >= 15 is 0 Å². The zero-order valence-electron chi connectivity index (χ0n) is 15.4. The molecule has 4 nitrogen and oxygen atoms in total. The van der Waals surface area contributed by atoms with Crippen molar-refractivity contribution >= 4 is 57.6 Å². The molecule has 0 aliphatic rings. The van der Waals surface area contributed by atoms with Crippen molar-refractivity contribution in [3.63, 3.8) is 0 Å². The van der Waals surface area contributed by atoms with Crippen LogP contribution in [0, 0.1) is 5.82 Å². The van der Waals surface area contributed by atoms with E-state index in [1.54, 1.807) is 23.6 Å². The van der Waals surface area contributed by atoms with Crippen molar-refractivity contribution in [3.05, 3.63) is 93.9 Å². The number of hydrogen-bond acceptors (Lipinski definition) is 7. The van der Waals surface area contributed by atoms with E-state index in [0.717, 1.165) is 19.7 Å². The Morgan fingerprint density at radius 1 is 1.03 bits per heavy atom. The van der Waals surface area contributed by atoms with Gasteiger partial charge in [-0.15, -0.1) is 21.5 Å². The Labute approximate surface area is 184 Å². The lowest BCUT2D eigenvalue weighted by Gasteiger charge is -1.99. The summed E-state index contributed by atoms with van der Waals surface area (Å²) >= 11 is 4.56. The van der Waals surface area contributed by atoms with Crippen LogP contribution in [0.4, 0.5) is 9.52 Å². The highest BCUT2D eigenvalue weighted by Gasteiger charge is 2.06. The van der Waals surface area contributed by atoms with Crippen molar-refractivity contribution in [3.8, 4) is 0 Å². The molecule has 0 spiro atoms. The van der Waals surface area contributed by atoms with Gasteiger partial charge in [0.05, 0.1) is 0 Å². The number of rotatable bonds is 7. The molecule has 0 bridgehead atoms. The van der Waals surface area contributed by atoms with Crippen LogP contribution in [-0.2, 0) is 0 Å². The van der Waals surface area contributed by atoms with Gasteiger partial charge in [0.25, 0.3) is 0 Å². The molecule has 4 aromatic rings. The van der Waals surface area contributed by atoms with Gasteiger partial charge in [-0.3, -0.25) is 4.79 Å². The maximum Gasteiger partial charge on any atom is 0.232 e. The second-order valence-electron chi connectivity index (χ2n) is 6.00. The molecule has 0 aliphatic heterocycles. The normalized spacial score (nSPS) is 11.5. The molecule has 0 saturated heterocycles. The average molecular weight is 452 g/mol. The second-order valence-corrected chi connectivity index (χ2v) is 9.26. The highest BCUT2D eigenvalue weighted by atomic mass is 32.2. The van der Waals surface area contributed by atoms with Gasteiger partial charge in [-0.1, -0.05) is 47.4 Å². The van der Waals surface area contributed by atoms with Gasteiger partial charge in [-0.05, 0) is 59.5 Å². The lowest BCUT2D eigenvalue weighted by atomic mass is 10.1. The van der Waals surface area contributed by atoms with Crippen molar-refractivity contribution in [2.45, 2.75) is 9.24 Å². The lowest BCUT2D eigenvalue weighted by molar-refractivity contribution is 0.104. The topological polar surface area (TPSA) is 55.2 Å². The van der Waals surface area contributed by atoms with E-state index in [0.29, 0.717) is 10.7 Å². The van der Waals surface area contributed by atoms with Crippen molar-refractivity contribution in [2.24, 2.45) is 4.99 Å². The van der Waals surface area contributed by atoms with Crippen molar-refractivity contribution in [1.82, 2.24) is 10.2 Å². The van der Waals surface area contributed by atoms with Crippen LogP contribution in [0.1, 0.15) is 20.8 Å². The first-order chi connectivity index (χ1) is 14.7. The Bertz CT molecular complexity index is 1180. The predicted octanol–water partition coefficient (Wildman–Crippen LogP) is 6.54. The van der Waals surface area contributed by atoms with Crippen LogP contribution in [0.5, 0.6) is 0 Å². The number of carbonyl (C=O) groups excluding carboxylic acids is 1. The molecule has 2 heterocycles. The molecule has 0 amide bonds. The molecule has 0 aliphatic carbocycles. The maximum atomic E-state index is 12.9. The van der Waals surface area contributed by atoms with E-state index in [1.807, 2.05) is 41.8 Å². The molecule has 0 unspecified atom stereocenters. The van der Waals surface area contributed by atoms with Crippen LogP contribution in [0.15, 0.2) is 86.3 Å². The van der Waals surface area contributed by atoms with Crippen LogP contribution < -0.4 is 0 Å². The van der Waals surface area contributed by atoms with Gasteiger partial charge in [0, 0.05) is 21.6 Å². The van der Waals surface area contributed by atoms with E-state index < -0.39 is 0 Å². The van der Waals surface area contributed by atoms with Gasteiger partial charge in [0.1, 0.15) is 5.82 Å². The standard InChI is InChI=1S/C22H14FN3OS3/c23-17-8-6-16(7-9-17)20(27)12-5-15-3-10-18(11-4-15)29-22-26-25-21(30-22)24-14-19-2-1-13-28-19/h1-14H. The fourth-order valence-electron chi connectivity index (χ4n) is 2.41. The highest BCUT2D eigenvalue weighted by molar-refractivity contribution is 8.01. The van der Waals surface area contributed by atoms with Crippen LogP contribution in [0.3, 0.4) is 0 Å². The van der Waals surface area contributed by atoms with Crippen LogP contribution in [-0.4, -0.2) is 22.2 Å². The van der Waals surface area contributed by atoms with E-state index in [9.17, 15) is 9.18 Å². The third kappa shape index (κ3) is 5.56. The van der Waals surface area contributed by atoms with E-state index in [-0.39, 0.29) is 11.6 Å². The van der Waals surface area contributed by atoms with Crippen molar-refractivity contribution in [1.29, 1.82) is 0 Å². The number of halogens is 1. The molecule has 0 N–H and O–H groups in total. The van der Waals surface area contributed by atoms with Gasteiger partial charge in [0.2, 0.25) is 5.13 Å². The molecule has 0 fully saturated rings. The van der Waals surface area contributed by atoms with E-state index in [4.69, 9.17) is 0 Å². The van der Waals surface area contributed by atoms with Crippen molar-refractivity contribution < 1.29 is 9.18 Å². The molecule has 4 rings (SSSR count). The molecule has 2 aromatic heterocycles. The number of benzene rings is 2. The molecule has 0 radical (unpaired) electrons. The minimum absolute atomic E-state index is 0.169. The zero-order valence-corrected chi connectivity index (χ0v) is 17.9. The average Bonchev–Trinajstić information content (AvgIpc) is 3.44. The molecule has 0 saturated carbocycles. The summed E-state index contributed by atoms with van der Waals surface area (Å²) in [5.74, 6) is -0.529. The summed E-state index contributed by atoms with van der Waals surface area (Å²) in [6.07, 6.45) is 5.01. The van der Waals surface area contributed by atoms with Gasteiger partial charge in [0.15, 0.2) is 10.1 Å². The number of hydrogen-bond donors (Lipinski definition) is 0. The monoisotopic (exact) mass is 451 g/mol. The lowest BCUT2D eigenvalue weighted by Crippen LogP contribution is -1.93. The first-order valence-corrected chi connectivity index (χ1v) is 11.3. The number of aliphatic imine (C=N–C) groups is 1. The van der Waals surface area contributed by atoms with Gasteiger partial charge < -0.3 is 0 Å².